The molecule has 0 amide bonds. The Balaban J connectivity index is 0. The maximum absolute atomic E-state index is 10.4. The zero-order valence-corrected chi connectivity index (χ0v) is 7.16. The van der Waals surface area contributed by atoms with E-state index in [2.05, 4.69) is 0 Å². The van der Waals surface area contributed by atoms with Crippen LogP contribution in [0.5, 0.6) is 0 Å². The molecule has 0 atom stereocenters. The van der Waals surface area contributed by atoms with Gasteiger partial charge in [0.25, 0.3) is 0 Å². The molecule has 0 bridgehead atoms. The summed E-state index contributed by atoms with van der Waals surface area (Å²) in [5.74, 6) is -0.923. The van der Waals surface area contributed by atoms with E-state index >= 15 is 0 Å². The maximum atomic E-state index is 10.4. The summed E-state index contributed by atoms with van der Waals surface area (Å²) in [6.45, 7) is 1.78. The third kappa shape index (κ3) is 3.27. The molecule has 0 unspecified atom stereocenters. The Labute approximate surface area is 77.2 Å². The van der Waals surface area contributed by atoms with Gasteiger partial charge in [0.1, 0.15) is 7.85 Å². The molecular formula is C8H11BO4. The first-order valence-electron chi connectivity index (χ1n) is 3.20. The average Bonchev–Trinajstić information content (AvgIpc) is 1.94. The van der Waals surface area contributed by atoms with Crippen molar-refractivity contribution in [3.8, 4) is 0 Å². The van der Waals surface area contributed by atoms with Gasteiger partial charge in [0.05, 0.1) is 5.56 Å². The minimum Gasteiger partial charge on any atom is -0.478 e. The van der Waals surface area contributed by atoms with E-state index < -0.39 is 5.97 Å². The molecule has 13 heavy (non-hydrogen) atoms. The van der Waals surface area contributed by atoms with Crippen molar-refractivity contribution >= 4 is 19.3 Å². The number of aromatic carboxylic acids is 1. The molecule has 0 aliphatic rings. The van der Waals surface area contributed by atoms with Crippen molar-refractivity contribution in [2.75, 3.05) is 0 Å². The standard InChI is InChI=1S/C8H7BO2.2H2O/c1-5-4-6(8(10)11)2-3-7(5)9;;/h2-4H,1H3,(H,10,11);2*1H2. The molecule has 0 aromatic heterocycles. The van der Waals surface area contributed by atoms with E-state index in [0.29, 0.717) is 5.46 Å². The van der Waals surface area contributed by atoms with Crippen LogP contribution in [0.2, 0.25) is 0 Å². The van der Waals surface area contributed by atoms with Crippen molar-refractivity contribution in [2.24, 2.45) is 0 Å². The normalized spacial score (nSPS) is 8.08. The van der Waals surface area contributed by atoms with Crippen molar-refractivity contribution in [1.29, 1.82) is 0 Å². The van der Waals surface area contributed by atoms with Gasteiger partial charge in [0.15, 0.2) is 0 Å². The molecule has 0 saturated carbocycles. The second-order valence-electron chi connectivity index (χ2n) is 2.38. The third-order valence-electron chi connectivity index (χ3n) is 1.52. The predicted octanol–water partition coefficient (Wildman–Crippen LogP) is -1.16. The monoisotopic (exact) mass is 182 g/mol. The summed E-state index contributed by atoms with van der Waals surface area (Å²) in [5, 5.41) is 8.56. The second-order valence-corrected chi connectivity index (χ2v) is 2.38. The van der Waals surface area contributed by atoms with Crippen LogP contribution in [-0.2, 0) is 0 Å². The first-order valence-corrected chi connectivity index (χ1v) is 3.20. The van der Waals surface area contributed by atoms with Gasteiger partial charge in [-0.25, -0.2) is 4.79 Å². The Hall–Kier alpha value is -1.33. The van der Waals surface area contributed by atoms with Crippen LogP contribution in [0.4, 0.5) is 0 Å². The number of carboxylic acids is 1. The molecule has 0 fully saturated rings. The third-order valence-corrected chi connectivity index (χ3v) is 1.52. The quantitative estimate of drug-likeness (QED) is 0.553. The Kier molecular flexibility index (Phi) is 5.84. The number of benzene rings is 1. The lowest BCUT2D eigenvalue weighted by Crippen LogP contribution is -2.08. The van der Waals surface area contributed by atoms with Crippen molar-refractivity contribution in [3.05, 3.63) is 29.3 Å². The van der Waals surface area contributed by atoms with E-state index in [0.717, 1.165) is 5.56 Å². The lowest BCUT2D eigenvalue weighted by atomic mass is 9.90. The SMILES string of the molecule is O.O.[B]c1ccc(C(=O)O)cc1C. The van der Waals surface area contributed by atoms with Gasteiger partial charge in [-0.2, -0.15) is 0 Å². The minimum absolute atomic E-state index is 0. The van der Waals surface area contributed by atoms with Crippen LogP contribution in [0.3, 0.4) is 0 Å². The Bertz CT molecular complexity index is 298. The first kappa shape index (κ1) is 14.2. The molecule has 5 N–H and O–H groups in total. The van der Waals surface area contributed by atoms with Gasteiger partial charge >= 0.3 is 5.97 Å². The van der Waals surface area contributed by atoms with Gasteiger partial charge in [-0.3, -0.25) is 0 Å². The molecule has 0 aliphatic carbocycles. The summed E-state index contributed by atoms with van der Waals surface area (Å²) in [5.41, 5.74) is 1.69. The van der Waals surface area contributed by atoms with E-state index in [1.807, 2.05) is 0 Å². The molecule has 70 valence electrons. The fourth-order valence-corrected chi connectivity index (χ4v) is 0.809. The van der Waals surface area contributed by atoms with Gasteiger partial charge in [-0.15, -0.1) is 0 Å². The molecule has 4 nitrogen and oxygen atoms in total. The molecule has 2 radical (unpaired) electrons. The van der Waals surface area contributed by atoms with Crippen molar-refractivity contribution < 1.29 is 20.9 Å². The van der Waals surface area contributed by atoms with Crippen molar-refractivity contribution in [2.45, 2.75) is 6.92 Å². The fraction of sp³-hybridized carbons (Fsp3) is 0.125. The molecule has 0 saturated heterocycles. The number of carboxylic acid groups (broad SMARTS) is 1. The summed E-state index contributed by atoms with van der Waals surface area (Å²) in [7, 11) is 5.50. The van der Waals surface area contributed by atoms with Crippen molar-refractivity contribution in [1.82, 2.24) is 0 Å². The van der Waals surface area contributed by atoms with Crippen LogP contribution in [0.1, 0.15) is 15.9 Å². The molecule has 1 aromatic carbocycles. The zero-order valence-electron chi connectivity index (χ0n) is 7.16. The van der Waals surface area contributed by atoms with Crippen LogP contribution in [0.25, 0.3) is 0 Å². The topological polar surface area (TPSA) is 100 Å². The van der Waals surface area contributed by atoms with E-state index in [4.69, 9.17) is 13.0 Å². The molecule has 1 aromatic rings. The fourth-order valence-electron chi connectivity index (χ4n) is 0.809. The summed E-state index contributed by atoms with van der Waals surface area (Å²) >= 11 is 0. The van der Waals surface area contributed by atoms with Gasteiger partial charge < -0.3 is 16.1 Å². The van der Waals surface area contributed by atoms with Crippen molar-refractivity contribution in [3.63, 3.8) is 0 Å². The van der Waals surface area contributed by atoms with E-state index in [1.54, 1.807) is 19.1 Å². The molecule has 0 spiro atoms. The largest absolute Gasteiger partial charge is 0.478 e. The molecule has 0 heterocycles. The summed E-state index contributed by atoms with van der Waals surface area (Å²) in [6.07, 6.45) is 0. The minimum atomic E-state index is -0.923. The highest BCUT2D eigenvalue weighted by atomic mass is 16.4. The van der Waals surface area contributed by atoms with Gasteiger partial charge in [-0.1, -0.05) is 17.1 Å². The van der Waals surface area contributed by atoms with Gasteiger partial charge in [0, 0.05) is 0 Å². The highest BCUT2D eigenvalue weighted by Gasteiger charge is 2.01. The maximum Gasteiger partial charge on any atom is 0.335 e. The number of rotatable bonds is 1. The summed E-state index contributed by atoms with van der Waals surface area (Å²) < 4.78 is 0. The highest BCUT2D eigenvalue weighted by molar-refractivity contribution is 6.33. The summed E-state index contributed by atoms with van der Waals surface area (Å²) in [4.78, 5) is 10.4. The zero-order chi connectivity index (χ0) is 8.43. The summed E-state index contributed by atoms with van der Waals surface area (Å²) in [6, 6.07) is 4.64. The Morgan fingerprint density at radius 2 is 1.92 bits per heavy atom. The Morgan fingerprint density at radius 3 is 2.31 bits per heavy atom. The highest BCUT2D eigenvalue weighted by Crippen LogP contribution is 2.00. The lowest BCUT2D eigenvalue weighted by molar-refractivity contribution is 0.0697. The van der Waals surface area contributed by atoms with Gasteiger partial charge in [0.2, 0.25) is 0 Å². The molecule has 0 aliphatic heterocycles. The van der Waals surface area contributed by atoms with Crippen LogP contribution in [-0.4, -0.2) is 29.9 Å². The second kappa shape index (κ2) is 5.34. The number of hydrogen-bond acceptors (Lipinski definition) is 1. The smallest absolute Gasteiger partial charge is 0.335 e. The number of carbonyl (C=O) groups is 1. The van der Waals surface area contributed by atoms with E-state index in [1.165, 1.54) is 6.07 Å². The van der Waals surface area contributed by atoms with E-state index in [-0.39, 0.29) is 16.5 Å². The van der Waals surface area contributed by atoms with Crippen LogP contribution in [0.15, 0.2) is 18.2 Å². The molecule has 5 heteroatoms. The van der Waals surface area contributed by atoms with E-state index in [9.17, 15) is 4.79 Å². The average molecular weight is 182 g/mol. The molecular weight excluding hydrogens is 171 g/mol. The Morgan fingerprint density at radius 1 is 1.38 bits per heavy atom. The van der Waals surface area contributed by atoms with Crippen LogP contribution < -0.4 is 5.46 Å². The predicted molar refractivity (Wildman–Crippen MR) is 50.8 cm³/mol. The first-order chi connectivity index (χ1) is 5.11. The lowest BCUT2D eigenvalue weighted by Gasteiger charge is -2.00. The van der Waals surface area contributed by atoms with Crippen LogP contribution >= 0.6 is 0 Å². The van der Waals surface area contributed by atoms with Crippen LogP contribution in [0, 0.1) is 6.92 Å². The number of aryl methyl sites for hydroxylation is 1. The number of hydrogen-bond donors (Lipinski definition) is 1. The molecule has 1 rings (SSSR count). The van der Waals surface area contributed by atoms with Gasteiger partial charge in [-0.05, 0) is 19.1 Å².